The van der Waals surface area contributed by atoms with E-state index in [1.54, 1.807) is 0 Å². The van der Waals surface area contributed by atoms with Crippen molar-refractivity contribution in [2.45, 2.75) is 6.73 Å². The minimum atomic E-state index is -0.100. The average molecular weight is 140 g/mol. The van der Waals surface area contributed by atoms with Gasteiger partial charge >= 0.3 is 0 Å². The molecule has 10 heavy (non-hydrogen) atoms. The zero-order valence-electron chi connectivity index (χ0n) is 5.65. The molecule has 4 heteroatoms. The molecular formula is C6H8N2O2. The van der Waals surface area contributed by atoms with Crippen LogP contribution in [0.25, 0.3) is 0 Å². The van der Waals surface area contributed by atoms with Gasteiger partial charge in [-0.3, -0.25) is 9.36 Å². The molecule has 0 saturated heterocycles. The maximum absolute atomic E-state index is 10.9. The predicted molar refractivity (Wildman–Crippen MR) is 35.5 cm³/mol. The summed E-state index contributed by atoms with van der Waals surface area (Å²) in [6.45, 7) is 0.257. The van der Waals surface area contributed by atoms with Gasteiger partial charge in [0.1, 0.15) is 6.73 Å². The van der Waals surface area contributed by atoms with Crippen LogP contribution >= 0.6 is 0 Å². The highest BCUT2D eigenvalue weighted by atomic mass is 16.5. The second-order valence-electron chi connectivity index (χ2n) is 1.81. The highest BCUT2D eigenvalue weighted by Crippen LogP contribution is 1.76. The van der Waals surface area contributed by atoms with E-state index >= 15 is 0 Å². The van der Waals surface area contributed by atoms with Crippen molar-refractivity contribution < 1.29 is 4.74 Å². The van der Waals surface area contributed by atoms with Crippen molar-refractivity contribution in [3.05, 3.63) is 28.9 Å². The summed E-state index contributed by atoms with van der Waals surface area (Å²) in [5.41, 5.74) is -0.100. The first-order valence-corrected chi connectivity index (χ1v) is 2.84. The second kappa shape index (κ2) is 3.12. The lowest BCUT2D eigenvalue weighted by molar-refractivity contribution is 0.127. The van der Waals surface area contributed by atoms with E-state index in [0.29, 0.717) is 0 Å². The molecule has 1 aromatic heterocycles. The van der Waals surface area contributed by atoms with Crippen molar-refractivity contribution in [1.29, 1.82) is 0 Å². The first-order chi connectivity index (χ1) is 4.84. The van der Waals surface area contributed by atoms with Crippen molar-refractivity contribution >= 4 is 0 Å². The molecule has 0 unspecified atom stereocenters. The van der Waals surface area contributed by atoms with Gasteiger partial charge in [0.2, 0.25) is 0 Å². The van der Waals surface area contributed by atoms with Crippen molar-refractivity contribution in [3.63, 3.8) is 0 Å². The van der Waals surface area contributed by atoms with Gasteiger partial charge in [0.15, 0.2) is 0 Å². The Hall–Kier alpha value is -1.16. The van der Waals surface area contributed by atoms with E-state index in [-0.39, 0.29) is 12.3 Å². The Labute approximate surface area is 58.1 Å². The maximum Gasteiger partial charge on any atom is 0.255 e. The van der Waals surface area contributed by atoms with Crippen molar-refractivity contribution in [3.8, 4) is 0 Å². The topological polar surface area (TPSA) is 44.1 Å². The SMILES string of the molecule is COCn1cnccc1=O. The molecule has 0 atom stereocenters. The van der Waals surface area contributed by atoms with Gasteiger partial charge in [0.05, 0.1) is 6.33 Å². The van der Waals surface area contributed by atoms with Crippen molar-refractivity contribution in [2.24, 2.45) is 0 Å². The van der Waals surface area contributed by atoms with Crippen LogP contribution < -0.4 is 5.56 Å². The van der Waals surface area contributed by atoms with E-state index in [4.69, 9.17) is 4.74 Å². The Morgan fingerprint density at radius 2 is 2.60 bits per heavy atom. The first-order valence-electron chi connectivity index (χ1n) is 2.84. The number of hydrogen-bond donors (Lipinski definition) is 0. The lowest BCUT2D eigenvalue weighted by atomic mass is 10.6. The summed E-state index contributed by atoms with van der Waals surface area (Å²) >= 11 is 0. The van der Waals surface area contributed by atoms with Crippen LogP contribution in [0.4, 0.5) is 0 Å². The molecule has 0 aliphatic heterocycles. The number of hydrogen-bond acceptors (Lipinski definition) is 3. The van der Waals surface area contributed by atoms with Crippen LogP contribution in [-0.4, -0.2) is 16.7 Å². The Balaban J connectivity index is 2.92. The Kier molecular flexibility index (Phi) is 2.17. The van der Waals surface area contributed by atoms with E-state index < -0.39 is 0 Å². The number of ether oxygens (including phenoxy) is 1. The first kappa shape index (κ1) is 6.95. The quantitative estimate of drug-likeness (QED) is 0.573. The highest BCUT2D eigenvalue weighted by Gasteiger charge is 1.89. The van der Waals surface area contributed by atoms with Gasteiger partial charge in [0, 0.05) is 19.4 Å². The molecule has 0 aliphatic rings. The van der Waals surface area contributed by atoms with Gasteiger partial charge < -0.3 is 4.74 Å². The molecule has 1 aromatic rings. The Morgan fingerprint density at radius 3 is 3.20 bits per heavy atom. The van der Waals surface area contributed by atoms with Crippen molar-refractivity contribution in [2.75, 3.05) is 7.11 Å². The van der Waals surface area contributed by atoms with Crippen LogP contribution in [0.15, 0.2) is 23.4 Å². The van der Waals surface area contributed by atoms with Gasteiger partial charge in [-0.2, -0.15) is 0 Å². The smallest absolute Gasteiger partial charge is 0.255 e. The van der Waals surface area contributed by atoms with E-state index in [9.17, 15) is 4.79 Å². The molecule has 1 rings (SSSR count). The molecular weight excluding hydrogens is 132 g/mol. The van der Waals surface area contributed by atoms with Gasteiger partial charge in [-0.05, 0) is 0 Å². The minimum Gasteiger partial charge on any atom is -0.364 e. The molecule has 0 spiro atoms. The molecule has 0 bridgehead atoms. The second-order valence-corrected chi connectivity index (χ2v) is 1.81. The third-order valence-electron chi connectivity index (χ3n) is 1.06. The molecule has 0 fully saturated rings. The van der Waals surface area contributed by atoms with Crippen LogP contribution in [0.2, 0.25) is 0 Å². The van der Waals surface area contributed by atoms with Crippen LogP contribution in [0.5, 0.6) is 0 Å². The van der Waals surface area contributed by atoms with Crippen LogP contribution in [0, 0.1) is 0 Å². The van der Waals surface area contributed by atoms with Gasteiger partial charge in [0.25, 0.3) is 5.56 Å². The molecule has 0 saturated carbocycles. The third-order valence-corrected chi connectivity index (χ3v) is 1.06. The molecule has 54 valence electrons. The van der Waals surface area contributed by atoms with E-state index in [1.807, 2.05) is 0 Å². The fourth-order valence-electron chi connectivity index (χ4n) is 0.614. The van der Waals surface area contributed by atoms with Gasteiger partial charge in [-0.15, -0.1) is 0 Å². The number of aromatic nitrogens is 2. The maximum atomic E-state index is 10.9. The Bertz CT molecular complexity index is 256. The molecule has 0 N–H and O–H groups in total. The standard InChI is InChI=1S/C6H8N2O2/c1-10-5-8-4-7-3-2-6(8)9/h2-4H,5H2,1H3. The Morgan fingerprint density at radius 1 is 1.80 bits per heavy atom. The summed E-state index contributed by atoms with van der Waals surface area (Å²) in [6.07, 6.45) is 2.89. The average Bonchev–Trinajstić information content (AvgIpc) is 1.94. The summed E-state index contributed by atoms with van der Waals surface area (Å²) in [7, 11) is 1.53. The molecule has 1 heterocycles. The molecule has 0 radical (unpaired) electrons. The number of methoxy groups -OCH3 is 1. The van der Waals surface area contributed by atoms with E-state index in [2.05, 4.69) is 4.98 Å². The van der Waals surface area contributed by atoms with Gasteiger partial charge in [-0.1, -0.05) is 0 Å². The highest BCUT2D eigenvalue weighted by molar-refractivity contribution is 4.80. The largest absolute Gasteiger partial charge is 0.364 e. The van der Waals surface area contributed by atoms with Crippen LogP contribution in [0.3, 0.4) is 0 Å². The fourth-order valence-corrected chi connectivity index (χ4v) is 0.614. The van der Waals surface area contributed by atoms with Gasteiger partial charge in [-0.25, -0.2) is 4.98 Å². The predicted octanol–water partition coefficient (Wildman–Crippen LogP) is -0.153. The molecule has 0 aromatic carbocycles. The summed E-state index contributed by atoms with van der Waals surface area (Å²) in [4.78, 5) is 14.6. The third kappa shape index (κ3) is 1.41. The monoisotopic (exact) mass is 140 g/mol. The fraction of sp³-hybridized carbons (Fsp3) is 0.333. The van der Waals surface area contributed by atoms with Crippen LogP contribution in [-0.2, 0) is 11.5 Å². The number of nitrogens with zero attached hydrogens (tertiary/aromatic N) is 2. The molecule has 4 nitrogen and oxygen atoms in total. The molecule has 0 amide bonds. The summed E-state index contributed by atoms with van der Waals surface area (Å²) in [5.74, 6) is 0. The van der Waals surface area contributed by atoms with Crippen molar-refractivity contribution in [1.82, 2.24) is 9.55 Å². The summed E-state index contributed by atoms with van der Waals surface area (Å²) in [5, 5.41) is 0. The number of rotatable bonds is 2. The minimum absolute atomic E-state index is 0.100. The summed E-state index contributed by atoms with van der Waals surface area (Å²) < 4.78 is 6.11. The van der Waals surface area contributed by atoms with E-state index in [1.165, 1.54) is 30.3 Å². The lowest BCUT2D eigenvalue weighted by Crippen LogP contribution is -2.19. The zero-order chi connectivity index (χ0) is 7.40. The summed E-state index contributed by atoms with van der Waals surface area (Å²) in [6, 6.07) is 1.39. The normalized spacial score (nSPS) is 9.70. The zero-order valence-corrected chi connectivity index (χ0v) is 5.65. The lowest BCUT2D eigenvalue weighted by Gasteiger charge is -1.99. The molecule has 0 aliphatic carbocycles. The van der Waals surface area contributed by atoms with Crippen LogP contribution in [0.1, 0.15) is 0 Å². The van der Waals surface area contributed by atoms with E-state index in [0.717, 1.165) is 0 Å².